The summed E-state index contributed by atoms with van der Waals surface area (Å²) in [5.74, 6) is 0.443. The standard InChI is InChI=1S/C9H13ClO/c1-4-8(10)6-9(11)5-7(2)3/h4,6-7H,1,5H2,2-3H3. The predicted octanol–water partition coefficient (Wildman–Crippen LogP) is 2.91. The first kappa shape index (κ1) is 10.4. The van der Waals surface area contributed by atoms with Crippen LogP contribution in [0.15, 0.2) is 23.8 Å². The normalized spacial score (nSPS) is 11.8. The summed E-state index contributed by atoms with van der Waals surface area (Å²) in [5, 5.41) is 0.413. The summed E-state index contributed by atoms with van der Waals surface area (Å²) in [6.07, 6.45) is 3.42. The second kappa shape index (κ2) is 5.14. The third-order valence-corrected chi connectivity index (χ3v) is 1.37. The molecule has 0 saturated heterocycles. The van der Waals surface area contributed by atoms with Crippen LogP contribution in [0.1, 0.15) is 20.3 Å². The van der Waals surface area contributed by atoms with Gasteiger partial charge in [-0.15, -0.1) is 0 Å². The van der Waals surface area contributed by atoms with Gasteiger partial charge in [0.1, 0.15) is 0 Å². The van der Waals surface area contributed by atoms with E-state index in [1.165, 1.54) is 12.2 Å². The summed E-state index contributed by atoms with van der Waals surface area (Å²) < 4.78 is 0. The Labute approximate surface area is 72.7 Å². The Morgan fingerprint density at radius 2 is 2.18 bits per heavy atom. The maximum Gasteiger partial charge on any atom is 0.157 e. The molecule has 11 heavy (non-hydrogen) atoms. The lowest BCUT2D eigenvalue weighted by Gasteiger charge is -1.98. The van der Waals surface area contributed by atoms with Crippen molar-refractivity contribution in [2.24, 2.45) is 5.92 Å². The Kier molecular flexibility index (Phi) is 4.88. The minimum atomic E-state index is 0.0601. The van der Waals surface area contributed by atoms with E-state index in [1.54, 1.807) is 0 Å². The first-order valence-electron chi connectivity index (χ1n) is 3.58. The van der Waals surface area contributed by atoms with Crippen LogP contribution in [0, 0.1) is 5.92 Å². The van der Waals surface area contributed by atoms with E-state index < -0.39 is 0 Å². The van der Waals surface area contributed by atoms with Crippen LogP contribution < -0.4 is 0 Å². The predicted molar refractivity (Wildman–Crippen MR) is 48.6 cm³/mol. The first-order chi connectivity index (χ1) is 5.06. The molecule has 0 bridgehead atoms. The average Bonchev–Trinajstić information content (AvgIpc) is 1.85. The van der Waals surface area contributed by atoms with Crippen LogP contribution in [-0.4, -0.2) is 5.78 Å². The smallest absolute Gasteiger partial charge is 0.157 e. The summed E-state index contributed by atoms with van der Waals surface area (Å²) in [6.45, 7) is 7.43. The van der Waals surface area contributed by atoms with Crippen molar-refractivity contribution >= 4 is 17.4 Å². The van der Waals surface area contributed by atoms with Crippen LogP contribution >= 0.6 is 11.6 Å². The van der Waals surface area contributed by atoms with E-state index in [2.05, 4.69) is 6.58 Å². The Bertz CT molecular complexity index is 180. The van der Waals surface area contributed by atoms with Crippen molar-refractivity contribution < 1.29 is 4.79 Å². The molecule has 0 atom stereocenters. The zero-order valence-corrected chi connectivity index (χ0v) is 7.69. The zero-order chi connectivity index (χ0) is 8.85. The van der Waals surface area contributed by atoms with Gasteiger partial charge in [-0.3, -0.25) is 4.79 Å². The van der Waals surface area contributed by atoms with Gasteiger partial charge >= 0.3 is 0 Å². The summed E-state index contributed by atoms with van der Waals surface area (Å²) in [5.41, 5.74) is 0. The van der Waals surface area contributed by atoms with Crippen molar-refractivity contribution in [1.29, 1.82) is 0 Å². The van der Waals surface area contributed by atoms with Crippen LogP contribution in [0.5, 0.6) is 0 Å². The maximum atomic E-state index is 11.0. The van der Waals surface area contributed by atoms with Gasteiger partial charge in [-0.1, -0.05) is 38.1 Å². The van der Waals surface area contributed by atoms with E-state index in [9.17, 15) is 4.79 Å². The van der Waals surface area contributed by atoms with Gasteiger partial charge in [-0.2, -0.15) is 0 Å². The molecule has 0 radical (unpaired) electrons. The van der Waals surface area contributed by atoms with Gasteiger partial charge in [0.15, 0.2) is 5.78 Å². The second-order valence-electron chi connectivity index (χ2n) is 2.80. The van der Waals surface area contributed by atoms with E-state index in [0.29, 0.717) is 17.4 Å². The number of carbonyl (C=O) groups excluding carboxylic acids is 1. The van der Waals surface area contributed by atoms with Gasteiger partial charge in [-0.25, -0.2) is 0 Å². The molecule has 0 aliphatic carbocycles. The van der Waals surface area contributed by atoms with E-state index in [4.69, 9.17) is 11.6 Å². The number of allylic oxidation sites excluding steroid dienone is 3. The molecule has 0 fully saturated rings. The molecule has 0 aliphatic heterocycles. The minimum absolute atomic E-state index is 0.0601. The van der Waals surface area contributed by atoms with E-state index >= 15 is 0 Å². The Hall–Kier alpha value is -0.560. The van der Waals surface area contributed by atoms with E-state index in [1.807, 2.05) is 13.8 Å². The van der Waals surface area contributed by atoms with Crippen molar-refractivity contribution in [3.05, 3.63) is 23.8 Å². The molecule has 0 spiro atoms. The summed E-state index contributed by atoms with van der Waals surface area (Å²) >= 11 is 5.57. The number of carbonyl (C=O) groups is 1. The number of rotatable bonds is 4. The molecule has 0 aromatic rings. The molecule has 0 amide bonds. The molecule has 0 heterocycles. The molecule has 62 valence electrons. The fourth-order valence-electron chi connectivity index (χ4n) is 0.674. The zero-order valence-electron chi connectivity index (χ0n) is 6.93. The molecule has 1 nitrogen and oxygen atoms in total. The topological polar surface area (TPSA) is 17.1 Å². The fourth-order valence-corrected chi connectivity index (χ4v) is 0.796. The van der Waals surface area contributed by atoms with Gasteiger partial charge < -0.3 is 0 Å². The largest absolute Gasteiger partial charge is 0.295 e. The first-order valence-corrected chi connectivity index (χ1v) is 3.96. The van der Waals surface area contributed by atoms with Crippen molar-refractivity contribution in [2.75, 3.05) is 0 Å². The van der Waals surface area contributed by atoms with Gasteiger partial charge in [0.25, 0.3) is 0 Å². The summed E-state index contributed by atoms with van der Waals surface area (Å²) in [6, 6.07) is 0. The average molecular weight is 173 g/mol. The van der Waals surface area contributed by atoms with Crippen LogP contribution in [0.4, 0.5) is 0 Å². The molecule has 0 aromatic carbocycles. The van der Waals surface area contributed by atoms with Crippen LogP contribution in [0.2, 0.25) is 0 Å². The highest BCUT2D eigenvalue weighted by atomic mass is 35.5. The molecule has 0 aliphatic rings. The third-order valence-electron chi connectivity index (χ3n) is 1.10. The lowest BCUT2D eigenvalue weighted by molar-refractivity contribution is -0.115. The Morgan fingerprint density at radius 3 is 2.55 bits per heavy atom. The van der Waals surface area contributed by atoms with Crippen molar-refractivity contribution in [3.63, 3.8) is 0 Å². The molecule has 2 heteroatoms. The molecule has 0 N–H and O–H groups in total. The fraction of sp³-hybridized carbons (Fsp3) is 0.444. The number of halogens is 1. The van der Waals surface area contributed by atoms with Gasteiger partial charge in [0, 0.05) is 11.5 Å². The van der Waals surface area contributed by atoms with Gasteiger partial charge in [0.2, 0.25) is 0 Å². The molecular weight excluding hydrogens is 160 g/mol. The highest BCUT2D eigenvalue weighted by molar-refractivity contribution is 6.32. The maximum absolute atomic E-state index is 11.0. The molecular formula is C9H13ClO. The Balaban J connectivity index is 3.96. The quantitative estimate of drug-likeness (QED) is 0.471. The monoisotopic (exact) mass is 172 g/mol. The molecule has 0 unspecified atom stereocenters. The number of hydrogen-bond acceptors (Lipinski definition) is 1. The SMILES string of the molecule is C=CC(Cl)=CC(=O)CC(C)C. The third kappa shape index (κ3) is 5.86. The molecule has 0 saturated carbocycles. The molecule has 0 rings (SSSR count). The van der Waals surface area contributed by atoms with E-state index in [0.717, 1.165) is 0 Å². The summed E-state index contributed by atoms with van der Waals surface area (Å²) in [4.78, 5) is 11.0. The highest BCUT2D eigenvalue weighted by Crippen LogP contribution is 2.06. The number of hydrogen-bond donors (Lipinski definition) is 0. The second-order valence-corrected chi connectivity index (χ2v) is 3.23. The van der Waals surface area contributed by atoms with Gasteiger partial charge in [0.05, 0.1) is 0 Å². The van der Waals surface area contributed by atoms with Gasteiger partial charge in [-0.05, 0) is 12.0 Å². The van der Waals surface area contributed by atoms with Crippen LogP contribution in [0.25, 0.3) is 0 Å². The molecule has 0 aromatic heterocycles. The lowest BCUT2D eigenvalue weighted by atomic mass is 10.1. The van der Waals surface area contributed by atoms with Crippen LogP contribution in [0.3, 0.4) is 0 Å². The van der Waals surface area contributed by atoms with Crippen molar-refractivity contribution in [3.8, 4) is 0 Å². The van der Waals surface area contributed by atoms with Crippen molar-refractivity contribution in [1.82, 2.24) is 0 Å². The lowest BCUT2D eigenvalue weighted by Crippen LogP contribution is -1.98. The number of ketones is 1. The van der Waals surface area contributed by atoms with E-state index in [-0.39, 0.29) is 5.78 Å². The summed E-state index contributed by atoms with van der Waals surface area (Å²) in [7, 11) is 0. The minimum Gasteiger partial charge on any atom is -0.295 e. The van der Waals surface area contributed by atoms with Crippen molar-refractivity contribution in [2.45, 2.75) is 20.3 Å². The highest BCUT2D eigenvalue weighted by Gasteiger charge is 2.01. The Morgan fingerprint density at radius 1 is 1.64 bits per heavy atom. The van der Waals surface area contributed by atoms with Crippen LogP contribution in [-0.2, 0) is 4.79 Å².